The fourth-order valence-electron chi connectivity index (χ4n) is 3.27. The monoisotopic (exact) mass is 306 g/mol. The third-order valence-corrected chi connectivity index (χ3v) is 4.13. The van der Waals surface area contributed by atoms with Crippen molar-refractivity contribution in [3.05, 3.63) is 34.4 Å². The molecule has 22 heavy (non-hydrogen) atoms. The predicted octanol–water partition coefficient (Wildman–Crippen LogP) is 3.73. The van der Waals surface area contributed by atoms with Gasteiger partial charge in [0, 0.05) is 25.2 Å². The van der Waals surface area contributed by atoms with Crippen LogP contribution in [0.3, 0.4) is 0 Å². The number of nitro benzene ring substituents is 1. The van der Waals surface area contributed by atoms with Crippen molar-refractivity contribution in [3.8, 4) is 5.75 Å². The number of benzene rings is 1. The van der Waals surface area contributed by atoms with Gasteiger partial charge in [0.2, 0.25) is 0 Å². The summed E-state index contributed by atoms with van der Waals surface area (Å²) in [6.07, 6.45) is 3.49. The lowest BCUT2D eigenvalue weighted by Crippen LogP contribution is -2.39. The van der Waals surface area contributed by atoms with Gasteiger partial charge in [0.05, 0.1) is 11.5 Å². The molecule has 1 fully saturated rings. The number of hydrogen-bond donors (Lipinski definition) is 0. The van der Waals surface area contributed by atoms with Gasteiger partial charge in [-0.2, -0.15) is 0 Å². The largest absolute Gasteiger partial charge is 0.494 e. The minimum Gasteiger partial charge on any atom is -0.494 e. The number of likely N-dealkylation sites (tertiary alicyclic amines) is 1. The van der Waals surface area contributed by atoms with Gasteiger partial charge in [-0.15, -0.1) is 0 Å². The summed E-state index contributed by atoms with van der Waals surface area (Å²) in [5.41, 5.74) is 0.0979. The molecule has 0 aliphatic carbocycles. The first-order chi connectivity index (χ1) is 10.5. The van der Waals surface area contributed by atoms with E-state index in [2.05, 4.69) is 18.7 Å². The lowest BCUT2D eigenvalue weighted by Gasteiger charge is -2.34. The highest BCUT2D eigenvalue weighted by Crippen LogP contribution is 2.21. The van der Waals surface area contributed by atoms with E-state index in [1.54, 1.807) is 12.1 Å². The molecule has 1 saturated heterocycles. The van der Waals surface area contributed by atoms with E-state index in [4.69, 9.17) is 4.74 Å². The molecule has 0 spiro atoms. The molecule has 1 aliphatic rings. The predicted molar refractivity (Wildman–Crippen MR) is 87.2 cm³/mol. The molecule has 122 valence electrons. The summed E-state index contributed by atoms with van der Waals surface area (Å²) in [5.74, 6) is 2.31. The number of unbranched alkanes of at least 4 members (excludes halogenated alkanes) is 1. The van der Waals surface area contributed by atoms with Crippen LogP contribution >= 0.6 is 0 Å². The maximum atomic E-state index is 10.6. The lowest BCUT2D eigenvalue weighted by atomic mass is 9.92. The minimum absolute atomic E-state index is 0.0979. The second-order valence-electron chi connectivity index (χ2n) is 6.51. The second kappa shape index (κ2) is 8.13. The Balaban J connectivity index is 1.62. The van der Waals surface area contributed by atoms with E-state index in [1.165, 1.54) is 31.6 Å². The summed E-state index contributed by atoms with van der Waals surface area (Å²) >= 11 is 0. The first-order valence-electron chi connectivity index (χ1n) is 8.14. The Morgan fingerprint density at radius 1 is 1.18 bits per heavy atom. The summed E-state index contributed by atoms with van der Waals surface area (Å²) in [5, 5.41) is 10.6. The van der Waals surface area contributed by atoms with Crippen LogP contribution < -0.4 is 4.74 Å². The van der Waals surface area contributed by atoms with Gasteiger partial charge in [-0.05, 0) is 49.8 Å². The molecule has 1 aromatic rings. The Kier molecular flexibility index (Phi) is 6.19. The SMILES string of the molecule is C[C@@H]1C[C@@H](C)CN(CCCCOc2ccc([N+](=O)[O-])cc2)C1. The highest BCUT2D eigenvalue weighted by molar-refractivity contribution is 5.35. The van der Waals surface area contributed by atoms with Crippen molar-refractivity contribution in [2.45, 2.75) is 33.1 Å². The lowest BCUT2D eigenvalue weighted by molar-refractivity contribution is -0.384. The zero-order valence-electron chi connectivity index (χ0n) is 13.5. The molecule has 2 rings (SSSR count). The molecule has 0 saturated carbocycles. The van der Waals surface area contributed by atoms with E-state index in [9.17, 15) is 10.1 Å². The molecule has 0 amide bonds. The van der Waals surface area contributed by atoms with E-state index >= 15 is 0 Å². The Labute approximate surface area is 132 Å². The molecule has 0 N–H and O–H groups in total. The van der Waals surface area contributed by atoms with Crippen molar-refractivity contribution in [1.82, 2.24) is 4.90 Å². The average Bonchev–Trinajstić information content (AvgIpc) is 2.46. The molecule has 0 aromatic heterocycles. The molecule has 0 radical (unpaired) electrons. The van der Waals surface area contributed by atoms with Crippen LogP contribution in [0.25, 0.3) is 0 Å². The number of hydrogen-bond acceptors (Lipinski definition) is 4. The van der Waals surface area contributed by atoms with Gasteiger partial charge in [0.1, 0.15) is 5.75 Å². The number of non-ortho nitro benzene ring substituents is 1. The molecule has 1 aliphatic heterocycles. The van der Waals surface area contributed by atoms with Crippen molar-refractivity contribution in [2.75, 3.05) is 26.2 Å². The Morgan fingerprint density at radius 3 is 2.41 bits per heavy atom. The maximum absolute atomic E-state index is 10.6. The van der Waals surface area contributed by atoms with E-state index in [1.807, 2.05) is 0 Å². The zero-order chi connectivity index (χ0) is 15.9. The minimum atomic E-state index is -0.398. The Hall–Kier alpha value is -1.62. The third-order valence-electron chi connectivity index (χ3n) is 4.13. The third kappa shape index (κ3) is 5.30. The quantitative estimate of drug-likeness (QED) is 0.437. The topological polar surface area (TPSA) is 55.6 Å². The molecular formula is C17H26N2O3. The second-order valence-corrected chi connectivity index (χ2v) is 6.51. The fourth-order valence-corrected chi connectivity index (χ4v) is 3.27. The molecule has 2 atom stereocenters. The zero-order valence-corrected chi connectivity index (χ0v) is 13.5. The smallest absolute Gasteiger partial charge is 0.269 e. The summed E-state index contributed by atoms with van der Waals surface area (Å²) in [6, 6.07) is 6.27. The van der Waals surface area contributed by atoms with Gasteiger partial charge >= 0.3 is 0 Å². The van der Waals surface area contributed by atoms with E-state index in [0.29, 0.717) is 12.4 Å². The van der Waals surface area contributed by atoms with Crippen LogP contribution in [0, 0.1) is 22.0 Å². The van der Waals surface area contributed by atoms with Gasteiger partial charge < -0.3 is 9.64 Å². The number of nitrogens with zero attached hydrogens (tertiary/aromatic N) is 2. The van der Waals surface area contributed by atoms with Gasteiger partial charge in [-0.3, -0.25) is 10.1 Å². The highest BCUT2D eigenvalue weighted by Gasteiger charge is 2.20. The summed E-state index contributed by atoms with van der Waals surface area (Å²) in [4.78, 5) is 12.7. The number of piperidine rings is 1. The van der Waals surface area contributed by atoms with Gasteiger partial charge in [0.25, 0.3) is 5.69 Å². The first kappa shape index (κ1) is 16.7. The summed E-state index contributed by atoms with van der Waals surface area (Å²) in [7, 11) is 0. The van der Waals surface area contributed by atoms with Crippen LogP contribution in [-0.2, 0) is 0 Å². The number of ether oxygens (including phenoxy) is 1. The van der Waals surface area contributed by atoms with Crippen molar-refractivity contribution in [2.24, 2.45) is 11.8 Å². The van der Waals surface area contributed by atoms with Crippen LogP contribution in [0.4, 0.5) is 5.69 Å². The van der Waals surface area contributed by atoms with Gasteiger partial charge in [0.15, 0.2) is 0 Å². The summed E-state index contributed by atoms with van der Waals surface area (Å²) < 4.78 is 5.63. The molecule has 1 aromatic carbocycles. The molecular weight excluding hydrogens is 280 g/mol. The molecule has 1 heterocycles. The van der Waals surface area contributed by atoms with E-state index in [0.717, 1.165) is 31.2 Å². The highest BCUT2D eigenvalue weighted by atomic mass is 16.6. The maximum Gasteiger partial charge on any atom is 0.269 e. The fraction of sp³-hybridized carbons (Fsp3) is 0.647. The van der Waals surface area contributed by atoms with Gasteiger partial charge in [-0.1, -0.05) is 13.8 Å². The molecule has 0 unspecified atom stereocenters. The van der Waals surface area contributed by atoms with E-state index < -0.39 is 4.92 Å². The van der Waals surface area contributed by atoms with Crippen LogP contribution in [0.1, 0.15) is 33.1 Å². The molecule has 5 nitrogen and oxygen atoms in total. The van der Waals surface area contributed by atoms with Gasteiger partial charge in [-0.25, -0.2) is 0 Å². The van der Waals surface area contributed by atoms with E-state index in [-0.39, 0.29) is 5.69 Å². The summed E-state index contributed by atoms with van der Waals surface area (Å²) in [6.45, 7) is 8.90. The molecule has 0 bridgehead atoms. The van der Waals surface area contributed by atoms with Crippen LogP contribution in [-0.4, -0.2) is 36.1 Å². The van der Waals surface area contributed by atoms with Crippen molar-refractivity contribution < 1.29 is 9.66 Å². The Morgan fingerprint density at radius 2 is 1.82 bits per heavy atom. The van der Waals surface area contributed by atoms with Crippen molar-refractivity contribution in [3.63, 3.8) is 0 Å². The standard InChI is InChI=1S/C17H26N2O3/c1-14-11-15(2)13-18(12-14)9-3-4-10-22-17-7-5-16(6-8-17)19(20)21/h5-8,14-15H,3-4,9-13H2,1-2H3/t14-,15-/m1/s1. The van der Waals surface area contributed by atoms with Crippen molar-refractivity contribution >= 4 is 5.69 Å². The van der Waals surface area contributed by atoms with Crippen molar-refractivity contribution in [1.29, 1.82) is 0 Å². The van der Waals surface area contributed by atoms with Crippen LogP contribution in [0.2, 0.25) is 0 Å². The normalized spacial score (nSPS) is 22.5. The average molecular weight is 306 g/mol. The number of rotatable bonds is 7. The number of nitro groups is 1. The first-order valence-corrected chi connectivity index (χ1v) is 8.14. The Bertz CT molecular complexity index is 465. The van der Waals surface area contributed by atoms with Crippen LogP contribution in [0.5, 0.6) is 5.75 Å². The van der Waals surface area contributed by atoms with Crippen LogP contribution in [0.15, 0.2) is 24.3 Å². The molecule has 5 heteroatoms.